The molecule has 1 aromatic rings. The summed E-state index contributed by atoms with van der Waals surface area (Å²) in [5, 5.41) is 3.42. The molecular weight excluding hydrogens is 258 g/mol. The molecule has 0 unspecified atom stereocenters. The Balaban J connectivity index is 1.60. The van der Waals surface area contributed by atoms with E-state index in [0.717, 1.165) is 6.54 Å². The van der Waals surface area contributed by atoms with Crippen molar-refractivity contribution in [2.24, 2.45) is 10.7 Å². The van der Waals surface area contributed by atoms with Gasteiger partial charge in [0.2, 0.25) is 0 Å². The highest BCUT2D eigenvalue weighted by atomic mass is 15.1. The Kier molecular flexibility index (Phi) is 4.47. The quantitative estimate of drug-likeness (QED) is 0.658. The van der Waals surface area contributed by atoms with E-state index in [-0.39, 0.29) is 5.41 Å². The van der Waals surface area contributed by atoms with Gasteiger partial charge >= 0.3 is 0 Å². The predicted octanol–water partition coefficient (Wildman–Crippen LogP) is 3.35. The van der Waals surface area contributed by atoms with Gasteiger partial charge in [-0.1, -0.05) is 56.0 Å². The zero-order chi connectivity index (χ0) is 14.5. The smallest absolute Gasteiger partial charge is 0.188 e. The van der Waals surface area contributed by atoms with Gasteiger partial charge in [0.1, 0.15) is 0 Å². The monoisotopic (exact) mass is 285 g/mol. The largest absolute Gasteiger partial charge is 0.370 e. The van der Waals surface area contributed by atoms with E-state index in [1.54, 1.807) is 0 Å². The molecule has 2 aliphatic carbocycles. The molecule has 0 aromatic heterocycles. The van der Waals surface area contributed by atoms with Gasteiger partial charge in [-0.3, -0.25) is 4.99 Å². The summed E-state index contributed by atoms with van der Waals surface area (Å²) in [6.07, 6.45) is 10.2. The fraction of sp³-hybridized carbons (Fsp3) is 0.611. The molecule has 3 N–H and O–H groups in total. The average Bonchev–Trinajstić information content (AvgIpc) is 2.48. The fourth-order valence-electron chi connectivity index (χ4n) is 3.67. The minimum atomic E-state index is 0.236. The van der Waals surface area contributed by atoms with Gasteiger partial charge in [-0.2, -0.15) is 0 Å². The van der Waals surface area contributed by atoms with Crippen molar-refractivity contribution < 1.29 is 0 Å². The normalized spacial score (nSPS) is 22.6. The molecule has 3 heteroatoms. The van der Waals surface area contributed by atoms with Crippen LogP contribution in [0.25, 0.3) is 0 Å². The molecular formula is C18H27N3. The van der Waals surface area contributed by atoms with Crippen LogP contribution in [-0.2, 0) is 5.41 Å². The van der Waals surface area contributed by atoms with Gasteiger partial charge in [-0.05, 0) is 31.2 Å². The Bertz CT molecular complexity index is 470. The van der Waals surface area contributed by atoms with Crippen LogP contribution in [0.4, 0.5) is 0 Å². The molecule has 0 atom stereocenters. The van der Waals surface area contributed by atoms with Crippen molar-refractivity contribution in [2.45, 2.75) is 62.8 Å². The van der Waals surface area contributed by atoms with E-state index >= 15 is 0 Å². The molecule has 0 spiro atoms. The second kappa shape index (κ2) is 6.50. The zero-order valence-corrected chi connectivity index (χ0v) is 12.9. The highest BCUT2D eigenvalue weighted by Crippen LogP contribution is 2.43. The second-order valence-corrected chi connectivity index (χ2v) is 6.68. The van der Waals surface area contributed by atoms with Gasteiger partial charge in [0.15, 0.2) is 5.96 Å². The first-order valence-corrected chi connectivity index (χ1v) is 8.41. The summed E-state index contributed by atoms with van der Waals surface area (Å²) in [7, 11) is 0. The molecule has 114 valence electrons. The standard InChI is InChI=1S/C18H27N3/c19-17(21-16-10-5-2-6-11-16)20-14-18(12-7-13-18)15-8-3-1-4-9-15/h1,3-4,8-9,16H,2,5-7,10-14H2,(H3,19,20,21). The molecule has 0 aliphatic heterocycles. The third kappa shape index (κ3) is 3.39. The molecule has 3 nitrogen and oxygen atoms in total. The van der Waals surface area contributed by atoms with Gasteiger partial charge in [0, 0.05) is 11.5 Å². The van der Waals surface area contributed by atoms with Crippen molar-refractivity contribution in [3.63, 3.8) is 0 Å². The number of nitrogens with zero attached hydrogens (tertiary/aromatic N) is 1. The van der Waals surface area contributed by atoms with Crippen molar-refractivity contribution in [1.82, 2.24) is 5.32 Å². The molecule has 0 bridgehead atoms. The van der Waals surface area contributed by atoms with Crippen molar-refractivity contribution >= 4 is 5.96 Å². The molecule has 3 rings (SSSR count). The number of hydrogen-bond acceptors (Lipinski definition) is 1. The number of hydrogen-bond donors (Lipinski definition) is 2. The van der Waals surface area contributed by atoms with Crippen LogP contribution in [0.1, 0.15) is 56.9 Å². The van der Waals surface area contributed by atoms with Crippen molar-refractivity contribution in [1.29, 1.82) is 0 Å². The van der Waals surface area contributed by atoms with Gasteiger partial charge in [-0.25, -0.2) is 0 Å². The highest BCUT2D eigenvalue weighted by molar-refractivity contribution is 5.78. The van der Waals surface area contributed by atoms with Crippen molar-refractivity contribution in [3.8, 4) is 0 Å². The lowest BCUT2D eigenvalue weighted by Crippen LogP contribution is -2.43. The lowest BCUT2D eigenvalue weighted by molar-refractivity contribution is 0.253. The van der Waals surface area contributed by atoms with Crippen molar-refractivity contribution in [2.75, 3.05) is 6.54 Å². The van der Waals surface area contributed by atoms with Crippen LogP contribution in [0.2, 0.25) is 0 Å². The number of nitrogens with two attached hydrogens (primary N) is 1. The molecule has 21 heavy (non-hydrogen) atoms. The number of guanidine groups is 1. The third-order valence-electron chi connectivity index (χ3n) is 5.21. The van der Waals surface area contributed by atoms with E-state index < -0.39 is 0 Å². The summed E-state index contributed by atoms with van der Waals surface area (Å²) in [6, 6.07) is 11.3. The summed E-state index contributed by atoms with van der Waals surface area (Å²) in [6.45, 7) is 0.822. The first-order valence-electron chi connectivity index (χ1n) is 8.41. The molecule has 0 amide bonds. The predicted molar refractivity (Wildman–Crippen MR) is 88.5 cm³/mol. The summed E-state index contributed by atoms with van der Waals surface area (Å²) in [5.41, 5.74) is 7.77. The molecule has 0 radical (unpaired) electrons. The Hall–Kier alpha value is -1.51. The average molecular weight is 285 g/mol. The Morgan fingerprint density at radius 2 is 1.81 bits per heavy atom. The zero-order valence-electron chi connectivity index (χ0n) is 12.9. The summed E-state index contributed by atoms with van der Waals surface area (Å²) in [4.78, 5) is 4.67. The molecule has 0 heterocycles. The third-order valence-corrected chi connectivity index (χ3v) is 5.21. The number of rotatable bonds is 4. The van der Waals surface area contributed by atoms with Crippen LogP contribution in [0.15, 0.2) is 35.3 Å². The molecule has 2 fully saturated rings. The van der Waals surface area contributed by atoms with Gasteiger partial charge in [0.05, 0.1) is 6.54 Å². The molecule has 0 saturated heterocycles. The molecule has 1 aromatic carbocycles. The maximum atomic E-state index is 6.11. The van der Waals surface area contributed by atoms with Crippen LogP contribution >= 0.6 is 0 Å². The minimum absolute atomic E-state index is 0.236. The van der Waals surface area contributed by atoms with Crippen LogP contribution < -0.4 is 11.1 Å². The lowest BCUT2D eigenvalue weighted by Gasteiger charge is -2.41. The fourth-order valence-corrected chi connectivity index (χ4v) is 3.67. The van der Waals surface area contributed by atoms with E-state index in [0.29, 0.717) is 12.0 Å². The SMILES string of the molecule is NC(=NCC1(c2ccccc2)CCC1)NC1CCCCC1. The van der Waals surface area contributed by atoms with E-state index in [1.807, 2.05) is 0 Å². The first kappa shape index (κ1) is 14.4. The van der Waals surface area contributed by atoms with Crippen LogP contribution in [0.5, 0.6) is 0 Å². The molecule has 2 aliphatic rings. The Morgan fingerprint density at radius 1 is 1.10 bits per heavy atom. The van der Waals surface area contributed by atoms with Gasteiger partial charge in [-0.15, -0.1) is 0 Å². The van der Waals surface area contributed by atoms with E-state index in [2.05, 4.69) is 40.6 Å². The lowest BCUT2D eigenvalue weighted by atomic mass is 9.64. The minimum Gasteiger partial charge on any atom is -0.370 e. The van der Waals surface area contributed by atoms with Crippen LogP contribution in [-0.4, -0.2) is 18.5 Å². The maximum Gasteiger partial charge on any atom is 0.188 e. The first-order chi connectivity index (χ1) is 10.3. The van der Waals surface area contributed by atoms with Gasteiger partial charge < -0.3 is 11.1 Å². The summed E-state index contributed by atoms with van der Waals surface area (Å²) >= 11 is 0. The van der Waals surface area contributed by atoms with E-state index in [4.69, 9.17) is 5.73 Å². The summed E-state index contributed by atoms with van der Waals surface area (Å²) in [5.74, 6) is 0.643. The second-order valence-electron chi connectivity index (χ2n) is 6.68. The van der Waals surface area contributed by atoms with E-state index in [9.17, 15) is 0 Å². The topological polar surface area (TPSA) is 50.4 Å². The maximum absolute atomic E-state index is 6.11. The number of aliphatic imine (C=N–C) groups is 1. The summed E-state index contributed by atoms with van der Waals surface area (Å²) < 4.78 is 0. The number of benzene rings is 1. The van der Waals surface area contributed by atoms with E-state index in [1.165, 1.54) is 56.9 Å². The van der Waals surface area contributed by atoms with Crippen molar-refractivity contribution in [3.05, 3.63) is 35.9 Å². The Labute approximate surface area is 128 Å². The molecule has 2 saturated carbocycles. The van der Waals surface area contributed by atoms with Gasteiger partial charge in [0.25, 0.3) is 0 Å². The van der Waals surface area contributed by atoms with Crippen LogP contribution in [0, 0.1) is 0 Å². The number of nitrogens with one attached hydrogen (secondary N) is 1. The Morgan fingerprint density at radius 3 is 2.43 bits per heavy atom. The highest BCUT2D eigenvalue weighted by Gasteiger charge is 2.38. The van der Waals surface area contributed by atoms with Crippen LogP contribution in [0.3, 0.4) is 0 Å².